The van der Waals surface area contributed by atoms with Crippen molar-refractivity contribution < 1.29 is 29.4 Å². The summed E-state index contributed by atoms with van der Waals surface area (Å²) in [5.41, 5.74) is 18.1. The standard InChI is InChI=1S/C30H43N7O6/c1-3-18(2)25(31)28(41)37-24(17-20-11-13-21(38)14-12-20)27(40)36-23(16-19-8-5-4-6-9-19)26(39)35-22(29(42)43)10-7-15-34-30(32)33/h4-6,8-9,11-14,18,22-25,38H,3,7,10,15-17,31H2,1-2H3,(H,35,39)(H,36,40)(H,37,41)(H,42,43)(H4,32,33,34). The SMILES string of the molecule is CCC(C)C(N)C(=O)NC(Cc1ccc(O)cc1)C(=O)NC(Cc1ccccc1)C(=O)NC(CCCN=C(N)N)C(=O)O. The molecule has 0 heterocycles. The number of aromatic hydroxyl groups is 1. The van der Waals surface area contributed by atoms with Crippen LogP contribution in [-0.4, -0.2) is 70.6 Å². The van der Waals surface area contributed by atoms with Crippen LogP contribution in [0.5, 0.6) is 5.75 Å². The Balaban J connectivity index is 2.30. The summed E-state index contributed by atoms with van der Waals surface area (Å²) in [5, 5.41) is 27.3. The lowest BCUT2D eigenvalue weighted by atomic mass is 9.98. The van der Waals surface area contributed by atoms with Crippen molar-refractivity contribution in [3.63, 3.8) is 0 Å². The van der Waals surface area contributed by atoms with Crippen molar-refractivity contribution in [2.75, 3.05) is 6.54 Å². The van der Waals surface area contributed by atoms with Gasteiger partial charge in [-0.2, -0.15) is 0 Å². The zero-order valence-electron chi connectivity index (χ0n) is 24.5. The minimum absolute atomic E-state index is 0.0402. The van der Waals surface area contributed by atoms with Crippen molar-refractivity contribution in [1.29, 1.82) is 0 Å². The summed E-state index contributed by atoms with van der Waals surface area (Å²) < 4.78 is 0. The Morgan fingerprint density at radius 1 is 0.814 bits per heavy atom. The van der Waals surface area contributed by atoms with Crippen LogP contribution >= 0.6 is 0 Å². The quantitative estimate of drug-likeness (QED) is 0.0702. The number of amides is 3. The molecule has 0 radical (unpaired) electrons. The highest BCUT2D eigenvalue weighted by atomic mass is 16.4. The number of carboxylic acid groups (broad SMARTS) is 1. The van der Waals surface area contributed by atoms with E-state index in [0.29, 0.717) is 18.4 Å². The molecule has 13 heteroatoms. The van der Waals surface area contributed by atoms with Crippen LogP contribution in [0.4, 0.5) is 0 Å². The maximum Gasteiger partial charge on any atom is 0.326 e. The van der Waals surface area contributed by atoms with Crippen LogP contribution in [0.25, 0.3) is 0 Å². The molecule has 0 saturated heterocycles. The number of aliphatic imine (C=N–C) groups is 1. The van der Waals surface area contributed by atoms with Gasteiger partial charge >= 0.3 is 5.97 Å². The van der Waals surface area contributed by atoms with Crippen LogP contribution in [0, 0.1) is 5.92 Å². The summed E-state index contributed by atoms with van der Waals surface area (Å²) in [4.78, 5) is 55.8. The van der Waals surface area contributed by atoms with Gasteiger partial charge in [0.25, 0.3) is 0 Å². The number of nitrogens with two attached hydrogens (primary N) is 3. The first-order valence-corrected chi connectivity index (χ1v) is 14.2. The van der Waals surface area contributed by atoms with Gasteiger partial charge in [0, 0.05) is 19.4 Å². The molecule has 3 amide bonds. The van der Waals surface area contributed by atoms with Gasteiger partial charge in [-0.05, 0) is 42.0 Å². The maximum absolute atomic E-state index is 13.7. The Morgan fingerprint density at radius 3 is 1.84 bits per heavy atom. The molecule has 0 spiro atoms. The van der Waals surface area contributed by atoms with E-state index in [0.717, 1.165) is 5.56 Å². The molecule has 0 saturated carbocycles. The highest BCUT2D eigenvalue weighted by molar-refractivity contribution is 5.94. The van der Waals surface area contributed by atoms with E-state index in [4.69, 9.17) is 17.2 Å². The summed E-state index contributed by atoms with van der Waals surface area (Å²) in [6, 6.07) is 10.7. The number of carbonyl (C=O) groups is 4. The first-order chi connectivity index (χ1) is 20.4. The molecule has 0 bridgehead atoms. The Labute approximate surface area is 251 Å². The fourth-order valence-electron chi connectivity index (χ4n) is 4.22. The normalized spacial score (nSPS) is 14.3. The number of aliphatic carboxylic acids is 1. The number of carbonyl (C=O) groups excluding carboxylic acids is 3. The first-order valence-electron chi connectivity index (χ1n) is 14.2. The predicted octanol–water partition coefficient (Wildman–Crippen LogP) is 0.143. The molecular formula is C30H43N7O6. The van der Waals surface area contributed by atoms with Gasteiger partial charge in [-0.25, -0.2) is 4.79 Å². The van der Waals surface area contributed by atoms with Gasteiger partial charge in [-0.3, -0.25) is 19.4 Å². The summed E-state index contributed by atoms with van der Waals surface area (Å²) in [5.74, 6) is -3.37. The monoisotopic (exact) mass is 597 g/mol. The number of phenols is 1. The summed E-state index contributed by atoms with van der Waals surface area (Å²) in [6.07, 6.45) is 1.11. The van der Waals surface area contributed by atoms with Crippen LogP contribution in [0.15, 0.2) is 59.6 Å². The third-order valence-corrected chi connectivity index (χ3v) is 7.04. The van der Waals surface area contributed by atoms with Crippen LogP contribution in [0.3, 0.4) is 0 Å². The Hall–Kier alpha value is -4.65. The van der Waals surface area contributed by atoms with E-state index in [9.17, 15) is 29.4 Å². The van der Waals surface area contributed by atoms with E-state index in [1.165, 1.54) is 12.1 Å². The van der Waals surface area contributed by atoms with Crippen molar-refractivity contribution in [2.45, 2.75) is 70.1 Å². The molecule has 5 unspecified atom stereocenters. The third-order valence-electron chi connectivity index (χ3n) is 7.04. The smallest absolute Gasteiger partial charge is 0.326 e. The molecule has 0 aliphatic heterocycles. The fourth-order valence-corrected chi connectivity index (χ4v) is 4.22. The second kappa shape index (κ2) is 17.3. The topological polar surface area (TPSA) is 235 Å². The van der Waals surface area contributed by atoms with Gasteiger partial charge in [0.2, 0.25) is 17.7 Å². The van der Waals surface area contributed by atoms with E-state index in [2.05, 4.69) is 20.9 Å². The zero-order valence-corrected chi connectivity index (χ0v) is 24.5. The predicted molar refractivity (Wildman–Crippen MR) is 163 cm³/mol. The number of benzene rings is 2. The van der Waals surface area contributed by atoms with Crippen molar-refractivity contribution in [3.8, 4) is 5.75 Å². The minimum atomic E-state index is -1.25. The van der Waals surface area contributed by atoms with Gasteiger partial charge in [-0.1, -0.05) is 62.7 Å². The van der Waals surface area contributed by atoms with E-state index >= 15 is 0 Å². The van der Waals surface area contributed by atoms with Crippen molar-refractivity contribution >= 4 is 29.7 Å². The zero-order chi connectivity index (χ0) is 31.9. The summed E-state index contributed by atoms with van der Waals surface area (Å²) in [7, 11) is 0. The van der Waals surface area contributed by atoms with Crippen molar-refractivity contribution in [3.05, 3.63) is 65.7 Å². The third kappa shape index (κ3) is 12.0. The van der Waals surface area contributed by atoms with E-state index in [-0.39, 0.29) is 43.4 Å². The first kappa shape index (κ1) is 34.6. The highest BCUT2D eigenvalue weighted by Gasteiger charge is 2.31. The van der Waals surface area contributed by atoms with Gasteiger partial charge in [0.1, 0.15) is 23.9 Å². The number of nitrogens with one attached hydrogen (secondary N) is 3. The number of hydrogen-bond acceptors (Lipinski definition) is 7. The Kier molecular flexibility index (Phi) is 13.9. The van der Waals surface area contributed by atoms with Crippen molar-refractivity contribution in [1.82, 2.24) is 16.0 Å². The molecule has 11 N–H and O–H groups in total. The Bertz CT molecular complexity index is 1240. The number of rotatable bonds is 17. The molecule has 2 aromatic rings. The molecule has 0 aliphatic rings. The lowest BCUT2D eigenvalue weighted by Crippen LogP contribution is -2.58. The van der Waals surface area contributed by atoms with Gasteiger partial charge in [0.05, 0.1) is 6.04 Å². The number of guanidine groups is 1. The Morgan fingerprint density at radius 2 is 1.33 bits per heavy atom. The molecule has 0 aromatic heterocycles. The van der Waals surface area contributed by atoms with Crippen LogP contribution in [0.2, 0.25) is 0 Å². The molecular weight excluding hydrogens is 554 g/mol. The lowest BCUT2D eigenvalue weighted by molar-refractivity contribution is -0.142. The molecule has 2 aromatic carbocycles. The average molecular weight is 598 g/mol. The molecule has 43 heavy (non-hydrogen) atoms. The van der Waals surface area contributed by atoms with E-state index in [1.54, 1.807) is 42.5 Å². The van der Waals surface area contributed by atoms with Crippen LogP contribution < -0.4 is 33.2 Å². The second-order valence-electron chi connectivity index (χ2n) is 10.4. The number of nitrogens with zero attached hydrogens (tertiary/aromatic N) is 1. The molecule has 234 valence electrons. The fraction of sp³-hybridized carbons (Fsp3) is 0.433. The largest absolute Gasteiger partial charge is 0.508 e. The number of carboxylic acids is 1. The molecule has 13 nitrogen and oxygen atoms in total. The van der Waals surface area contributed by atoms with Crippen LogP contribution in [0.1, 0.15) is 44.2 Å². The lowest BCUT2D eigenvalue weighted by Gasteiger charge is -2.26. The average Bonchev–Trinajstić information content (AvgIpc) is 2.98. The van der Waals surface area contributed by atoms with Gasteiger partial charge < -0.3 is 43.4 Å². The highest BCUT2D eigenvalue weighted by Crippen LogP contribution is 2.13. The van der Waals surface area contributed by atoms with E-state index < -0.39 is 47.9 Å². The second-order valence-corrected chi connectivity index (χ2v) is 10.4. The molecule has 2 rings (SSSR count). The number of phenolic OH excluding ortho intramolecular Hbond substituents is 1. The minimum Gasteiger partial charge on any atom is -0.508 e. The molecule has 0 aliphatic carbocycles. The van der Waals surface area contributed by atoms with E-state index in [1.807, 2.05) is 13.8 Å². The maximum atomic E-state index is 13.7. The van der Waals surface area contributed by atoms with Gasteiger partial charge in [0.15, 0.2) is 5.96 Å². The van der Waals surface area contributed by atoms with Crippen LogP contribution in [-0.2, 0) is 32.0 Å². The summed E-state index contributed by atoms with van der Waals surface area (Å²) in [6.45, 7) is 3.91. The summed E-state index contributed by atoms with van der Waals surface area (Å²) >= 11 is 0. The van der Waals surface area contributed by atoms with Crippen molar-refractivity contribution in [2.24, 2.45) is 28.1 Å². The number of hydrogen-bond donors (Lipinski definition) is 8. The molecule has 0 fully saturated rings. The molecule has 5 atom stereocenters. The van der Waals surface area contributed by atoms with Gasteiger partial charge in [-0.15, -0.1) is 0 Å².